The first-order chi connectivity index (χ1) is 11.2. The molecular weight excluding hydrogens is 288 g/mol. The second-order valence-corrected chi connectivity index (χ2v) is 6.93. The van der Waals surface area contributed by atoms with Crippen LogP contribution in [-0.2, 0) is 4.74 Å². The summed E-state index contributed by atoms with van der Waals surface area (Å²) in [6.45, 7) is 10.4. The Morgan fingerprint density at radius 1 is 1.35 bits per heavy atom. The van der Waals surface area contributed by atoms with Gasteiger partial charge in [0.05, 0.1) is 6.61 Å². The molecule has 3 rings (SSSR count). The molecule has 0 aromatic heterocycles. The summed E-state index contributed by atoms with van der Waals surface area (Å²) in [7, 11) is 0. The van der Waals surface area contributed by atoms with E-state index < -0.39 is 0 Å². The molecule has 0 radical (unpaired) electrons. The molecule has 1 aromatic rings. The lowest BCUT2D eigenvalue weighted by Crippen LogP contribution is -2.26. The highest BCUT2D eigenvalue weighted by Crippen LogP contribution is 2.25. The lowest BCUT2D eigenvalue weighted by molar-refractivity contribution is 0.183. The highest BCUT2D eigenvalue weighted by atomic mass is 16.5. The van der Waals surface area contributed by atoms with Crippen molar-refractivity contribution in [2.24, 2.45) is 5.92 Å². The number of benzene rings is 1. The zero-order valence-electron chi connectivity index (χ0n) is 14.5. The van der Waals surface area contributed by atoms with Crippen LogP contribution in [0.1, 0.15) is 31.7 Å². The van der Waals surface area contributed by atoms with Crippen molar-refractivity contribution in [3.05, 3.63) is 23.8 Å². The third-order valence-electron chi connectivity index (χ3n) is 5.11. The van der Waals surface area contributed by atoms with Crippen molar-refractivity contribution in [1.29, 1.82) is 0 Å². The van der Waals surface area contributed by atoms with Gasteiger partial charge in [0.1, 0.15) is 12.4 Å². The summed E-state index contributed by atoms with van der Waals surface area (Å²) in [5, 5.41) is 3.61. The molecule has 2 heterocycles. The van der Waals surface area contributed by atoms with Crippen LogP contribution in [0.3, 0.4) is 0 Å². The van der Waals surface area contributed by atoms with Gasteiger partial charge in [0, 0.05) is 30.8 Å². The minimum Gasteiger partial charge on any atom is -0.492 e. The standard InChI is InChI=1S/C19H30N2O2/c1-15-13-18(20-16(2)17-7-11-22-14-17)5-6-19(15)23-12-10-21-8-3-4-9-21/h5-6,13,16-17,20H,3-4,7-12,14H2,1-2H3/t16-,17-/m1/s1. The van der Waals surface area contributed by atoms with Crippen LogP contribution >= 0.6 is 0 Å². The number of nitrogens with one attached hydrogen (secondary N) is 1. The van der Waals surface area contributed by atoms with Crippen molar-refractivity contribution in [1.82, 2.24) is 4.90 Å². The maximum Gasteiger partial charge on any atom is 0.122 e. The first-order valence-electron chi connectivity index (χ1n) is 9.02. The predicted molar refractivity (Wildman–Crippen MR) is 94.4 cm³/mol. The molecule has 4 heteroatoms. The highest BCUT2D eigenvalue weighted by Gasteiger charge is 2.22. The number of hydrogen-bond acceptors (Lipinski definition) is 4. The van der Waals surface area contributed by atoms with Gasteiger partial charge in [0.2, 0.25) is 0 Å². The Balaban J connectivity index is 1.48. The molecule has 0 amide bonds. The second-order valence-electron chi connectivity index (χ2n) is 6.93. The number of hydrogen-bond donors (Lipinski definition) is 1. The van der Waals surface area contributed by atoms with Gasteiger partial charge >= 0.3 is 0 Å². The Labute approximate surface area is 140 Å². The average Bonchev–Trinajstić information content (AvgIpc) is 3.22. The van der Waals surface area contributed by atoms with Crippen LogP contribution in [0.4, 0.5) is 5.69 Å². The van der Waals surface area contributed by atoms with Crippen molar-refractivity contribution in [3.8, 4) is 5.75 Å². The van der Waals surface area contributed by atoms with Crippen molar-refractivity contribution in [3.63, 3.8) is 0 Å². The number of ether oxygens (including phenoxy) is 2. The smallest absolute Gasteiger partial charge is 0.122 e. The van der Waals surface area contributed by atoms with Crippen molar-refractivity contribution >= 4 is 5.69 Å². The number of aryl methyl sites for hydroxylation is 1. The molecule has 2 saturated heterocycles. The van der Waals surface area contributed by atoms with Crippen LogP contribution in [0.5, 0.6) is 5.75 Å². The Bertz CT molecular complexity index is 494. The minimum atomic E-state index is 0.443. The molecule has 2 aliphatic heterocycles. The molecule has 0 unspecified atom stereocenters. The van der Waals surface area contributed by atoms with E-state index in [1.807, 2.05) is 0 Å². The molecule has 2 aliphatic rings. The largest absolute Gasteiger partial charge is 0.492 e. The number of anilines is 1. The first kappa shape index (κ1) is 16.6. The molecule has 1 N–H and O–H groups in total. The topological polar surface area (TPSA) is 33.7 Å². The van der Waals surface area contributed by atoms with E-state index in [0.717, 1.165) is 38.5 Å². The molecule has 23 heavy (non-hydrogen) atoms. The van der Waals surface area contributed by atoms with E-state index in [2.05, 4.69) is 42.3 Å². The lowest BCUT2D eigenvalue weighted by Gasteiger charge is -2.21. The normalized spacial score (nSPS) is 23.1. The summed E-state index contributed by atoms with van der Waals surface area (Å²) in [6, 6.07) is 6.86. The van der Waals surface area contributed by atoms with E-state index >= 15 is 0 Å². The molecule has 2 fully saturated rings. The Morgan fingerprint density at radius 3 is 2.87 bits per heavy atom. The van der Waals surface area contributed by atoms with Gasteiger partial charge in [0.25, 0.3) is 0 Å². The van der Waals surface area contributed by atoms with Gasteiger partial charge in [-0.25, -0.2) is 0 Å². The fourth-order valence-corrected chi connectivity index (χ4v) is 3.52. The number of rotatable bonds is 7. The van der Waals surface area contributed by atoms with E-state index in [1.165, 1.54) is 37.2 Å². The van der Waals surface area contributed by atoms with Crippen LogP contribution in [0, 0.1) is 12.8 Å². The Hall–Kier alpha value is -1.26. The Morgan fingerprint density at radius 2 is 2.17 bits per heavy atom. The third-order valence-corrected chi connectivity index (χ3v) is 5.11. The fraction of sp³-hybridized carbons (Fsp3) is 0.684. The zero-order chi connectivity index (χ0) is 16.1. The summed E-state index contributed by atoms with van der Waals surface area (Å²) in [6.07, 6.45) is 3.83. The summed E-state index contributed by atoms with van der Waals surface area (Å²) < 4.78 is 11.5. The highest BCUT2D eigenvalue weighted by molar-refractivity contribution is 5.51. The minimum absolute atomic E-state index is 0.443. The van der Waals surface area contributed by atoms with Crippen molar-refractivity contribution in [2.45, 2.75) is 39.2 Å². The van der Waals surface area contributed by atoms with E-state index in [1.54, 1.807) is 0 Å². The van der Waals surface area contributed by atoms with Crippen LogP contribution in [0.25, 0.3) is 0 Å². The average molecular weight is 318 g/mol. The number of nitrogens with zero attached hydrogens (tertiary/aromatic N) is 1. The fourth-order valence-electron chi connectivity index (χ4n) is 3.52. The molecule has 0 spiro atoms. The van der Waals surface area contributed by atoms with E-state index in [0.29, 0.717) is 12.0 Å². The van der Waals surface area contributed by atoms with Gasteiger partial charge in [-0.3, -0.25) is 4.90 Å². The predicted octanol–water partition coefficient (Wildman–Crippen LogP) is 3.31. The van der Waals surface area contributed by atoms with Crippen LogP contribution in [0.2, 0.25) is 0 Å². The van der Waals surface area contributed by atoms with Gasteiger partial charge in [-0.2, -0.15) is 0 Å². The van der Waals surface area contributed by atoms with Gasteiger partial charge in [0.15, 0.2) is 0 Å². The van der Waals surface area contributed by atoms with Gasteiger partial charge in [-0.1, -0.05) is 0 Å². The van der Waals surface area contributed by atoms with Crippen LogP contribution < -0.4 is 10.1 Å². The summed E-state index contributed by atoms with van der Waals surface area (Å²) in [5.74, 6) is 1.62. The van der Waals surface area contributed by atoms with Crippen molar-refractivity contribution in [2.75, 3.05) is 44.8 Å². The summed E-state index contributed by atoms with van der Waals surface area (Å²) in [4.78, 5) is 2.48. The summed E-state index contributed by atoms with van der Waals surface area (Å²) in [5.41, 5.74) is 2.38. The first-order valence-corrected chi connectivity index (χ1v) is 9.02. The molecule has 0 aliphatic carbocycles. The molecule has 0 bridgehead atoms. The van der Waals surface area contributed by atoms with Crippen LogP contribution in [0.15, 0.2) is 18.2 Å². The molecule has 4 nitrogen and oxygen atoms in total. The van der Waals surface area contributed by atoms with E-state index in [9.17, 15) is 0 Å². The van der Waals surface area contributed by atoms with Crippen molar-refractivity contribution < 1.29 is 9.47 Å². The van der Waals surface area contributed by atoms with E-state index in [4.69, 9.17) is 9.47 Å². The maximum atomic E-state index is 5.97. The van der Waals surface area contributed by atoms with Crippen LogP contribution in [-0.4, -0.2) is 50.4 Å². The van der Waals surface area contributed by atoms with Gasteiger partial charge in [-0.05, 0) is 70.0 Å². The van der Waals surface area contributed by atoms with E-state index in [-0.39, 0.29) is 0 Å². The SMILES string of the molecule is Cc1cc(N[C@H](C)[C@@H]2CCOC2)ccc1OCCN1CCCC1. The molecule has 0 saturated carbocycles. The van der Waals surface area contributed by atoms with Gasteiger partial charge < -0.3 is 14.8 Å². The summed E-state index contributed by atoms with van der Waals surface area (Å²) >= 11 is 0. The zero-order valence-corrected chi connectivity index (χ0v) is 14.5. The second kappa shape index (κ2) is 8.02. The third kappa shape index (κ3) is 4.61. The molecule has 128 valence electrons. The van der Waals surface area contributed by atoms with Gasteiger partial charge in [-0.15, -0.1) is 0 Å². The monoisotopic (exact) mass is 318 g/mol. The molecule has 1 aromatic carbocycles. The Kier molecular flexibility index (Phi) is 5.79. The molecular formula is C19H30N2O2. The lowest BCUT2D eigenvalue weighted by atomic mass is 10.0. The molecule has 2 atom stereocenters. The maximum absolute atomic E-state index is 5.97. The quantitative estimate of drug-likeness (QED) is 0.836. The number of likely N-dealkylation sites (tertiary alicyclic amines) is 1.